The van der Waals surface area contributed by atoms with Crippen molar-refractivity contribution < 1.29 is 66.5 Å². The number of rotatable bonds is 10. The molecule has 0 atom stereocenters. The Labute approximate surface area is 313 Å². The standard InChI is InChI=1S/C13H17NO5S.C11H15NO5S.C9H11NO5S/c15-12(14-10-4-2-1-3-5-10)8-6-11-7-9-13(19-11)20(16,17)18;1-11(2,3)12-9(13)6-4-8-5-7-10(17-8)18(14,15)16;1-10(2)8(11)5-3-7-4-6-9(15-7)16(12,13)14/h6-10H,1-5H2,(H,14,15)(H,16,17,18);4-7H,1-3H3,(H,12,13)(H,14,15,16);3-6H,1-2H3,(H,12,13,14). The van der Waals surface area contributed by atoms with Crippen LogP contribution in [0, 0.1) is 0 Å². The third-order valence-electron chi connectivity index (χ3n) is 6.65. The Hall–Kier alpha value is -4.80. The molecule has 0 bridgehead atoms. The van der Waals surface area contributed by atoms with Crippen molar-refractivity contribution in [2.45, 2.75) is 79.7 Å². The summed E-state index contributed by atoms with van der Waals surface area (Å²) < 4.78 is 105. The van der Waals surface area contributed by atoms with Crippen LogP contribution in [-0.4, -0.2) is 87.2 Å². The molecular weight excluding hydrogens is 775 g/mol. The lowest BCUT2D eigenvalue weighted by Gasteiger charge is -2.21. The molecule has 0 spiro atoms. The summed E-state index contributed by atoms with van der Waals surface area (Å²) in [6, 6.07) is 7.60. The average molecular weight is 818 g/mol. The second-order valence-electron chi connectivity index (χ2n) is 12.7. The molecule has 1 aliphatic carbocycles. The van der Waals surface area contributed by atoms with Crippen LogP contribution in [0.25, 0.3) is 18.2 Å². The van der Waals surface area contributed by atoms with Crippen molar-refractivity contribution in [1.82, 2.24) is 15.5 Å². The van der Waals surface area contributed by atoms with Gasteiger partial charge in [0.25, 0.3) is 0 Å². The third-order valence-corrected chi connectivity index (χ3v) is 8.83. The van der Waals surface area contributed by atoms with Gasteiger partial charge in [-0.05, 0) is 88.2 Å². The summed E-state index contributed by atoms with van der Waals surface area (Å²) in [6.45, 7) is 5.51. The second-order valence-corrected chi connectivity index (χ2v) is 16.8. The fourth-order valence-corrected chi connectivity index (χ4v) is 5.54. The van der Waals surface area contributed by atoms with E-state index in [9.17, 15) is 39.6 Å². The lowest BCUT2D eigenvalue weighted by atomic mass is 9.95. The van der Waals surface area contributed by atoms with Gasteiger partial charge >= 0.3 is 30.4 Å². The molecule has 1 fully saturated rings. The molecule has 4 rings (SSSR count). The van der Waals surface area contributed by atoms with E-state index < -0.39 is 45.6 Å². The molecule has 1 aliphatic rings. The lowest BCUT2D eigenvalue weighted by Crippen LogP contribution is -2.39. The van der Waals surface area contributed by atoms with Gasteiger partial charge in [-0.1, -0.05) is 19.3 Å². The Morgan fingerprint density at radius 2 is 1.02 bits per heavy atom. The maximum absolute atomic E-state index is 11.7. The number of furan rings is 3. The van der Waals surface area contributed by atoms with Crippen molar-refractivity contribution in [3.05, 3.63) is 71.9 Å². The molecule has 0 aromatic carbocycles. The first-order valence-corrected chi connectivity index (χ1v) is 20.3. The first-order valence-electron chi connectivity index (χ1n) is 15.9. The fourth-order valence-electron chi connectivity index (χ4n) is 4.21. The van der Waals surface area contributed by atoms with E-state index in [1.165, 1.54) is 66.0 Å². The molecule has 298 valence electrons. The zero-order valence-corrected chi connectivity index (χ0v) is 32.4. The Morgan fingerprint density at radius 1 is 0.648 bits per heavy atom. The molecular formula is C33H43N3O15S3. The summed E-state index contributed by atoms with van der Waals surface area (Å²) in [6.07, 6.45) is 13.2. The highest BCUT2D eigenvalue weighted by molar-refractivity contribution is 7.86. The number of hydrogen-bond donors (Lipinski definition) is 5. The Morgan fingerprint density at radius 3 is 1.35 bits per heavy atom. The van der Waals surface area contributed by atoms with Gasteiger partial charge in [-0.25, -0.2) is 0 Å². The number of nitrogens with zero attached hydrogens (tertiary/aromatic N) is 1. The topological polar surface area (TPSA) is 281 Å². The van der Waals surface area contributed by atoms with Crippen molar-refractivity contribution >= 4 is 66.3 Å². The minimum atomic E-state index is -4.35. The minimum absolute atomic E-state index is 0.159. The van der Waals surface area contributed by atoms with Gasteiger partial charge < -0.3 is 28.8 Å². The molecule has 0 aliphatic heterocycles. The molecule has 3 aromatic heterocycles. The number of carbonyl (C=O) groups excluding carboxylic acids is 3. The first-order chi connectivity index (χ1) is 24.8. The van der Waals surface area contributed by atoms with Crippen LogP contribution in [0.15, 0.2) is 83.2 Å². The van der Waals surface area contributed by atoms with E-state index in [2.05, 4.69) is 10.6 Å². The summed E-state index contributed by atoms with van der Waals surface area (Å²) >= 11 is 0. The molecule has 3 amide bonds. The molecule has 3 heterocycles. The predicted molar refractivity (Wildman–Crippen MR) is 194 cm³/mol. The van der Waals surface area contributed by atoms with Gasteiger partial charge in [-0.15, -0.1) is 0 Å². The van der Waals surface area contributed by atoms with Crippen LogP contribution in [0.1, 0.15) is 70.2 Å². The second kappa shape index (κ2) is 19.5. The minimum Gasteiger partial charge on any atom is -0.443 e. The van der Waals surface area contributed by atoms with Gasteiger partial charge in [-0.2, -0.15) is 25.3 Å². The van der Waals surface area contributed by atoms with Crippen molar-refractivity contribution in [3.63, 3.8) is 0 Å². The molecule has 0 saturated heterocycles. The van der Waals surface area contributed by atoms with E-state index in [0.717, 1.165) is 43.9 Å². The van der Waals surface area contributed by atoms with Crippen molar-refractivity contribution in [1.29, 1.82) is 0 Å². The van der Waals surface area contributed by atoms with E-state index in [1.54, 1.807) is 14.1 Å². The van der Waals surface area contributed by atoms with Crippen LogP contribution in [0.2, 0.25) is 0 Å². The molecule has 54 heavy (non-hydrogen) atoms. The molecule has 0 radical (unpaired) electrons. The van der Waals surface area contributed by atoms with E-state index in [1.807, 2.05) is 20.8 Å². The normalized spacial score (nSPS) is 14.3. The van der Waals surface area contributed by atoms with Gasteiger partial charge in [0.2, 0.25) is 33.0 Å². The van der Waals surface area contributed by atoms with Gasteiger partial charge in [0, 0.05) is 43.9 Å². The van der Waals surface area contributed by atoms with Crippen LogP contribution in [0.4, 0.5) is 0 Å². The summed E-state index contributed by atoms with van der Waals surface area (Å²) in [7, 11) is -9.86. The molecule has 3 aromatic rings. The Bertz CT molecular complexity index is 2160. The zero-order valence-electron chi connectivity index (χ0n) is 30.0. The van der Waals surface area contributed by atoms with E-state index in [-0.39, 0.29) is 46.6 Å². The molecule has 18 nitrogen and oxygen atoms in total. The van der Waals surface area contributed by atoms with Crippen molar-refractivity contribution in [3.8, 4) is 0 Å². The van der Waals surface area contributed by atoms with E-state index >= 15 is 0 Å². The zero-order chi connectivity index (χ0) is 40.9. The van der Waals surface area contributed by atoms with Gasteiger partial charge in [-0.3, -0.25) is 28.0 Å². The van der Waals surface area contributed by atoms with Crippen molar-refractivity contribution in [2.24, 2.45) is 0 Å². The largest absolute Gasteiger partial charge is 0.443 e. The molecule has 1 saturated carbocycles. The monoisotopic (exact) mass is 817 g/mol. The summed E-state index contributed by atoms with van der Waals surface area (Å²) in [5, 5.41) is 3.94. The quantitative estimate of drug-likeness (QED) is 0.142. The average Bonchev–Trinajstić information content (AvgIpc) is 3.83. The van der Waals surface area contributed by atoms with Crippen LogP contribution >= 0.6 is 0 Å². The number of likely N-dealkylation sites (N-methyl/N-ethyl adjacent to an activating group) is 1. The molecule has 0 unspecified atom stereocenters. The van der Waals surface area contributed by atoms with E-state index in [0.29, 0.717) is 0 Å². The number of hydrogen-bond acceptors (Lipinski definition) is 12. The molecule has 21 heteroatoms. The highest BCUT2D eigenvalue weighted by atomic mass is 32.2. The number of nitrogens with one attached hydrogen (secondary N) is 2. The van der Waals surface area contributed by atoms with Crippen LogP contribution in [0.3, 0.4) is 0 Å². The van der Waals surface area contributed by atoms with Gasteiger partial charge in [0.1, 0.15) is 17.3 Å². The summed E-state index contributed by atoms with van der Waals surface area (Å²) in [4.78, 5) is 35.6. The third kappa shape index (κ3) is 17.4. The predicted octanol–water partition coefficient (Wildman–Crippen LogP) is 4.07. The maximum Gasteiger partial charge on any atom is 0.328 e. The lowest BCUT2D eigenvalue weighted by molar-refractivity contribution is -0.123. The number of amides is 3. The number of carbonyl (C=O) groups is 3. The maximum atomic E-state index is 11.7. The summed E-state index contributed by atoms with van der Waals surface area (Å²) in [5.41, 5.74) is -0.357. The highest BCUT2D eigenvalue weighted by Gasteiger charge is 2.17. The summed E-state index contributed by atoms with van der Waals surface area (Å²) in [5.74, 6) is -0.301. The van der Waals surface area contributed by atoms with Crippen LogP contribution < -0.4 is 10.6 Å². The Balaban J connectivity index is 0.000000282. The van der Waals surface area contributed by atoms with Crippen LogP contribution in [-0.2, 0) is 44.7 Å². The fraction of sp³-hybridized carbons (Fsp3) is 0.364. The van der Waals surface area contributed by atoms with Gasteiger partial charge in [0.05, 0.1) is 0 Å². The first kappa shape index (κ1) is 45.4. The van der Waals surface area contributed by atoms with E-state index in [4.69, 9.17) is 26.9 Å². The van der Waals surface area contributed by atoms with Gasteiger partial charge in [0.15, 0.2) is 0 Å². The highest BCUT2D eigenvalue weighted by Crippen LogP contribution is 2.18. The van der Waals surface area contributed by atoms with Crippen molar-refractivity contribution in [2.75, 3.05) is 14.1 Å². The SMILES string of the molecule is CC(C)(C)NC(=O)C=Cc1ccc(S(=O)(=O)O)o1.CN(C)C(=O)C=Cc1ccc(S(=O)(=O)O)o1.O=C(C=Cc1ccc(S(=O)(=O)O)o1)NC1CCCCC1. The molecule has 5 N–H and O–H groups in total. The van der Waals surface area contributed by atoms with Crippen LogP contribution in [0.5, 0.6) is 0 Å². The Kier molecular flexibility index (Phi) is 16.4. The smallest absolute Gasteiger partial charge is 0.328 e.